The van der Waals surface area contributed by atoms with Gasteiger partial charge in [0.05, 0.1) is 16.6 Å². The second-order valence-electron chi connectivity index (χ2n) is 12.3. The SMILES string of the molecule is CB=O.CC.CCC.CCCC(=N)c1c(C)ccc(-n2c(C(CCC)Cc3cc(F)cc(F)c3)nc3cc(Br)ccc3c2=O)c1C.CCCCC(F)F. The average molecular weight is 805 g/mol. The Kier molecular flexibility index (Phi) is 25.4. The third kappa shape index (κ3) is 16.2. The molecule has 0 saturated heterocycles. The van der Waals surface area contributed by atoms with Crippen LogP contribution in [0.15, 0.2) is 57.8 Å². The third-order valence-electron chi connectivity index (χ3n) is 7.73. The van der Waals surface area contributed by atoms with Gasteiger partial charge in [0.1, 0.15) is 17.5 Å². The molecule has 0 aliphatic carbocycles. The molecular weight excluding hydrogens is 745 g/mol. The van der Waals surface area contributed by atoms with Gasteiger partial charge in [-0.2, -0.15) is 0 Å². The number of unbranched alkanes of at least 4 members (excludes halogenated alkanes) is 1. The molecule has 0 fully saturated rings. The normalized spacial score (nSPS) is 10.7. The fourth-order valence-electron chi connectivity index (χ4n) is 5.64. The van der Waals surface area contributed by atoms with Gasteiger partial charge in [-0.15, -0.1) is 0 Å². The van der Waals surface area contributed by atoms with Gasteiger partial charge >= 0.3 is 18.7 Å². The Labute approximate surface area is 323 Å². The second kappa shape index (κ2) is 27.2. The van der Waals surface area contributed by atoms with E-state index >= 15 is 0 Å². The summed E-state index contributed by atoms with van der Waals surface area (Å²) in [4.78, 5) is 19.1. The fraction of sp³-hybridized carbons (Fsp3) is 0.500. The van der Waals surface area contributed by atoms with Gasteiger partial charge in [0, 0.05) is 34.2 Å². The van der Waals surface area contributed by atoms with E-state index in [1.54, 1.807) is 10.6 Å². The van der Waals surface area contributed by atoms with E-state index in [0.29, 0.717) is 59.4 Å². The molecule has 1 N–H and O–H groups in total. The van der Waals surface area contributed by atoms with Crippen molar-refractivity contribution in [3.05, 3.63) is 103 Å². The molecule has 0 spiro atoms. The first kappa shape index (κ1) is 49.5. The van der Waals surface area contributed by atoms with Crippen molar-refractivity contribution in [3.63, 3.8) is 0 Å². The van der Waals surface area contributed by atoms with Crippen LogP contribution >= 0.6 is 15.9 Å². The molecule has 0 aliphatic rings. The van der Waals surface area contributed by atoms with Crippen LogP contribution in [0.3, 0.4) is 0 Å². The number of alkyl halides is 2. The summed E-state index contributed by atoms with van der Waals surface area (Å²) >= 11 is 3.49. The van der Waals surface area contributed by atoms with Crippen molar-refractivity contribution in [2.75, 3.05) is 0 Å². The summed E-state index contributed by atoms with van der Waals surface area (Å²) in [5.74, 6) is -0.975. The summed E-state index contributed by atoms with van der Waals surface area (Å²) in [5.41, 5.74) is 4.76. The largest absolute Gasteiger partial charge is 0.305 e. The summed E-state index contributed by atoms with van der Waals surface area (Å²) < 4.78 is 61.8. The monoisotopic (exact) mass is 803 g/mol. The number of fused-ring (bicyclic) bond motifs is 1. The van der Waals surface area contributed by atoms with E-state index < -0.39 is 18.1 Å². The standard InChI is InChI=1S/C31H32BrF2N3O.C5H10F2.C3H8.C2H6.CH3BO/c1-5-7-21(13-20-14-23(33)17-24(34)15-20)30-36-27-16-22(32)10-11-25(27)31(38)37(30)28-12-9-18(3)29(19(28)4)26(35)8-6-2;1-2-3-4-5(6)7;1-3-2;1-2;1-2-3/h9-12,14-17,21,35H,5-8,13H2,1-4H3;5H,2-4H2,1H3;3H2,1-2H3;1-2H3;1H3. The Hall–Kier alpha value is -3.47. The van der Waals surface area contributed by atoms with Crippen molar-refractivity contribution < 1.29 is 22.3 Å². The molecule has 0 saturated carbocycles. The fourth-order valence-corrected chi connectivity index (χ4v) is 5.99. The number of aromatic nitrogens is 2. The third-order valence-corrected chi connectivity index (χ3v) is 8.22. The molecule has 0 amide bonds. The first-order chi connectivity index (χ1) is 25.2. The molecule has 1 atom stereocenters. The van der Waals surface area contributed by atoms with E-state index in [0.717, 1.165) is 53.6 Å². The number of nitrogens with one attached hydrogen (secondary N) is 1. The van der Waals surface area contributed by atoms with Gasteiger partial charge in [-0.1, -0.05) is 96.1 Å². The number of aryl methyl sites for hydroxylation is 1. The number of halogens is 5. The molecule has 4 aromatic rings. The van der Waals surface area contributed by atoms with Crippen LogP contribution in [0.5, 0.6) is 0 Å². The Morgan fingerprint density at radius 3 is 1.98 bits per heavy atom. The molecular formula is C42H59BBrF4N3O2. The Bertz CT molecular complexity index is 1740. The van der Waals surface area contributed by atoms with E-state index in [1.165, 1.54) is 25.4 Å². The maximum atomic E-state index is 14.1. The van der Waals surface area contributed by atoms with Crippen molar-refractivity contribution in [2.45, 2.75) is 139 Å². The zero-order valence-electron chi connectivity index (χ0n) is 33.3. The maximum absolute atomic E-state index is 14.1. The number of nitrogens with zero attached hydrogens (tertiary/aromatic N) is 2. The number of rotatable bonds is 12. The average Bonchev–Trinajstić information content (AvgIpc) is 3.09. The smallest absolute Gasteiger partial charge is 0.265 e. The first-order valence-corrected chi connectivity index (χ1v) is 19.6. The van der Waals surface area contributed by atoms with E-state index in [-0.39, 0.29) is 17.9 Å². The summed E-state index contributed by atoms with van der Waals surface area (Å²) in [7, 11) is 0.750. The van der Waals surface area contributed by atoms with E-state index in [1.807, 2.05) is 72.7 Å². The zero-order chi connectivity index (χ0) is 40.7. The quantitative estimate of drug-likeness (QED) is 0.0880. The molecule has 5 nitrogen and oxygen atoms in total. The zero-order valence-corrected chi connectivity index (χ0v) is 34.9. The maximum Gasteiger partial charge on any atom is 0.265 e. The Balaban J connectivity index is 0.00000154. The molecule has 0 bridgehead atoms. The van der Waals surface area contributed by atoms with Crippen LogP contribution in [0.1, 0.15) is 134 Å². The van der Waals surface area contributed by atoms with E-state index in [4.69, 9.17) is 15.1 Å². The topological polar surface area (TPSA) is 75.8 Å². The van der Waals surface area contributed by atoms with Crippen molar-refractivity contribution in [3.8, 4) is 5.69 Å². The molecule has 0 aliphatic heterocycles. The van der Waals surface area contributed by atoms with Gasteiger partial charge in [0.2, 0.25) is 6.43 Å². The van der Waals surface area contributed by atoms with Crippen LogP contribution in [0, 0.1) is 30.9 Å². The Morgan fingerprint density at radius 2 is 1.49 bits per heavy atom. The van der Waals surface area contributed by atoms with Crippen LogP contribution in [0.4, 0.5) is 17.6 Å². The van der Waals surface area contributed by atoms with Gasteiger partial charge in [0.15, 0.2) is 0 Å². The van der Waals surface area contributed by atoms with E-state index in [9.17, 15) is 22.4 Å². The molecule has 1 unspecified atom stereocenters. The van der Waals surface area contributed by atoms with E-state index in [2.05, 4.69) is 29.8 Å². The summed E-state index contributed by atoms with van der Waals surface area (Å²) in [5, 5.41) is 9.17. The summed E-state index contributed by atoms with van der Waals surface area (Å²) in [6.45, 7) is 19.6. The van der Waals surface area contributed by atoms with Gasteiger partial charge < -0.3 is 5.41 Å². The molecule has 3 aromatic carbocycles. The van der Waals surface area contributed by atoms with Gasteiger partial charge in [-0.25, -0.2) is 22.5 Å². The second-order valence-corrected chi connectivity index (χ2v) is 13.3. The van der Waals surface area contributed by atoms with Crippen molar-refractivity contribution in [1.82, 2.24) is 9.55 Å². The van der Waals surface area contributed by atoms with Crippen LogP contribution in [0.25, 0.3) is 16.6 Å². The number of benzene rings is 3. The van der Waals surface area contributed by atoms with Crippen LogP contribution in [-0.2, 0) is 11.1 Å². The van der Waals surface area contributed by atoms with Crippen molar-refractivity contribution in [1.29, 1.82) is 5.41 Å². The molecule has 292 valence electrons. The van der Waals surface area contributed by atoms with Crippen LogP contribution < -0.4 is 5.56 Å². The van der Waals surface area contributed by atoms with Crippen LogP contribution in [0.2, 0.25) is 6.82 Å². The minimum absolute atomic E-state index is 0.0660. The van der Waals surface area contributed by atoms with Gasteiger partial charge in [0.25, 0.3) is 5.56 Å². The minimum Gasteiger partial charge on any atom is -0.305 e. The predicted octanol–water partition coefficient (Wildman–Crippen LogP) is 13.3. The van der Waals surface area contributed by atoms with Crippen molar-refractivity contribution >= 4 is 39.7 Å². The molecule has 1 heterocycles. The minimum atomic E-state index is -2.10. The van der Waals surface area contributed by atoms with Crippen LogP contribution in [-0.4, -0.2) is 28.8 Å². The Morgan fingerprint density at radius 1 is 0.906 bits per heavy atom. The molecule has 53 heavy (non-hydrogen) atoms. The molecule has 4 rings (SSSR count). The van der Waals surface area contributed by atoms with Gasteiger partial charge in [-0.3, -0.25) is 9.36 Å². The number of hydrogen-bond acceptors (Lipinski definition) is 4. The molecule has 0 radical (unpaired) electrons. The predicted molar refractivity (Wildman–Crippen MR) is 219 cm³/mol. The summed E-state index contributed by atoms with van der Waals surface area (Å²) in [6, 6.07) is 12.8. The summed E-state index contributed by atoms with van der Waals surface area (Å²) in [6.07, 6.45) is 4.03. The molecule has 11 heteroatoms. The van der Waals surface area contributed by atoms with Crippen molar-refractivity contribution in [2.24, 2.45) is 0 Å². The number of hydrogen-bond donors (Lipinski definition) is 1. The van der Waals surface area contributed by atoms with Gasteiger partial charge in [-0.05, 0) is 92.6 Å². The first-order valence-electron chi connectivity index (χ1n) is 18.8. The molecule has 1 aromatic heterocycles.